The summed E-state index contributed by atoms with van der Waals surface area (Å²) in [7, 11) is 1.88. The van der Waals surface area contributed by atoms with Crippen LogP contribution >= 0.6 is 0 Å². The van der Waals surface area contributed by atoms with Gasteiger partial charge in [0, 0.05) is 19.8 Å². The van der Waals surface area contributed by atoms with Gasteiger partial charge in [0.2, 0.25) is 5.91 Å². The largest absolute Gasteiger partial charge is 0.344 e. The van der Waals surface area contributed by atoms with Crippen LogP contribution in [0.4, 0.5) is 0 Å². The molecule has 4 heteroatoms. The van der Waals surface area contributed by atoms with E-state index < -0.39 is 0 Å². The fourth-order valence-electron chi connectivity index (χ4n) is 2.57. The second kappa shape index (κ2) is 6.73. The van der Waals surface area contributed by atoms with E-state index in [1.165, 1.54) is 30.5 Å². The van der Waals surface area contributed by atoms with E-state index in [1.807, 2.05) is 16.6 Å². The van der Waals surface area contributed by atoms with E-state index in [-0.39, 0.29) is 5.91 Å². The van der Waals surface area contributed by atoms with E-state index in [0.717, 1.165) is 32.2 Å². The van der Waals surface area contributed by atoms with Gasteiger partial charge in [-0.2, -0.15) is 5.10 Å². The van der Waals surface area contributed by atoms with E-state index in [4.69, 9.17) is 0 Å². The van der Waals surface area contributed by atoms with Crippen molar-refractivity contribution in [3.8, 4) is 0 Å². The van der Waals surface area contributed by atoms with Gasteiger partial charge in [-0.15, -0.1) is 0 Å². The van der Waals surface area contributed by atoms with Crippen LogP contribution in [0.2, 0.25) is 0 Å². The molecule has 0 fully saturated rings. The predicted molar refractivity (Wildman–Crippen MR) is 76.0 cm³/mol. The predicted octanol–water partition coefficient (Wildman–Crippen LogP) is 2.41. The van der Waals surface area contributed by atoms with Gasteiger partial charge in [-0.05, 0) is 37.7 Å². The van der Waals surface area contributed by atoms with Crippen LogP contribution in [0, 0.1) is 0 Å². The molecule has 4 nitrogen and oxygen atoms in total. The highest BCUT2D eigenvalue weighted by atomic mass is 16.2. The monoisotopic (exact) mass is 263 g/mol. The summed E-state index contributed by atoms with van der Waals surface area (Å²) in [5, 5.41) is 4.58. The van der Waals surface area contributed by atoms with Gasteiger partial charge in [0.1, 0.15) is 6.54 Å². The standard InChI is InChI=1S/C15H25N3O/c1-3-4-10-17(2)15(19)12-18-11-13-8-6-5-7-9-14(13)16-18/h11H,3-10,12H2,1-2H3. The van der Waals surface area contributed by atoms with E-state index in [1.54, 1.807) is 0 Å². The minimum absolute atomic E-state index is 0.158. The molecule has 0 atom stereocenters. The maximum Gasteiger partial charge on any atom is 0.244 e. The summed E-state index contributed by atoms with van der Waals surface area (Å²) < 4.78 is 1.83. The zero-order chi connectivity index (χ0) is 13.7. The molecule has 1 amide bonds. The number of amides is 1. The van der Waals surface area contributed by atoms with Crippen LogP contribution in [0.5, 0.6) is 0 Å². The Morgan fingerprint density at radius 3 is 2.95 bits per heavy atom. The van der Waals surface area contributed by atoms with Crippen LogP contribution in [0.1, 0.15) is 50.3 Å². The van der Waals surface area contributed by atoms with Crippen LogP contribution in [-0.4, -0.2) is 34.2 Å². The molecule has 0 spiro atoms. The van der Waals surface area contributed by atoms with Gasteiger partial charge in [0.25, 0.3) is 0 Å². The van der Waals surface area contributed by atoms with Gasteiger partial charge in [0.05, 0.1) is 5.69 Å². The Kier molecular flexibility index (Phi) is 5.00. The van der Waals surface area contributed by atoms with Crippen LogP contribution in [0.3, 0.4) is 0 Å². The zero-order valence-electron chi connectivity index (χ0n) is 12.2. The number of unbranched alkanes of at least 4 members (excludes halogenated alkanes) is 1. The Morgan fingerprint density at radius 2 is 2.16 bits per heavy atom. The number of aromatic nitrogens is 2. The third kappa shape index (κ3) is 3.82. The highest BCUT2D eigenvalue weighted by molar-refractivity contribution is 5.75. The molecule has 0 bridgehead atoms. The molecule has 0 unspecified atom stereocenters. The third-order valence-corrected chi connectivity index (χ3v) is 3.85. The maximum absolute atomic E-state index is 12.1. The Balaban J connectivity index is 1.94. The molecular formula is C15H25N3O. The van der Waals surface area contributed by atoms with Crippen molar-refractivity contribution in [2.24, 2.45) is 0 Å². The van der Waals surface area contributed by atoms with E-state index in [0.29, 0.717) is 6.54 Å². The van der Waals surface area contributed by atoms with Crippen molar-refractivity contribution in [3.05, 3.63) is 17.5 Å². The number of hydrogen-bond donors (Lipinski definition) is 0. The normalized spacial score (nSPS) is 14.8. The minimum atomic E-state index is 0.158. The van der Waals surface area contributed by atoms with Crippen LogP contribution in [-0.2, 0) is 24.2 Å². The molecule has 2 rings (SSSR count). The quantitative estimate of drug-likeness (QED) is 0.765. The van der Waals surface area contributed by atoms with Crippen molar-refractivity contribution < 1.29 is 4.79 Å². The summed E-state index contributed by atoms with van der Waals surface area (Å²) in [5.41, 5.74) is 2.56. The molecule has 1 aliphatic rings. The lowest BCUT2D eigenvalue weighted by Crippen LogP contribution is -2.31. The fourth-order valence-corrected chi connectivity index (χ4v) is 2.57. The van der Waals surface area contributed by atoms with E-state index in [9.17, 15) is 4.79 Å². The molecule has 1 aromatic heterocycles. The topological polar surface area (TPSA) is 38.1 Å². The van der Waals surface area contributed by atoms with Crippen molar-refractivity contribution in [2.75, 3.05) is 13.6 Å². The Hall–Kier alpha value is -1.32. The number of nitrogens with zero attached hydrogens (tertiary/aromatic N) is 3. The average molecular weight is 263 g/mol. The minimum Gasteiger partial charge on any atom is -0.344 e. The van der Waals surface area contributed by atoms with E-state index in [2.05, 4.69) is 18.2 Å². The van der Waals surface area contributed by atoms with Gasteiger partial charge in [-0.1, -0.05) is 19.8 Å². The first-order chi connectivity index (χ1) is 9.20. The van der Waals surface area contributed by atoms with Crippen molar-refractivity contribution >= 4 is 5.91 Å². The lowest BCUT2D eigenvalue weighted by Gasteiger charge is -2.16. The number of hydrogen-bond acceptors (Lipinski definition) is 2. The molecule has 1 heterocycles. The second-order valence-corrected chi connectivity index (χ2v) is 5.53. The van der Waals surface area contributed by atoms with E-state index >= 15 is 0 Å². The zero-order valence-corrected chi connectivity index (χ0v) is 12.2. The van der Waals surface area contributed by atoms with Crippen molar-refractivity contribution in [3.63, 3.8) is 0 Å². The smallest absolute Gasteiger partial charge is 0.244 e. The molecule has 19 heavy (non-hydrogen) atoms. The Morgan fingerprint density at radius 1 is 1.37 bits per heavy atom. The first-order valence-electron chi connectivity index (χ1n) is 7.50. The number of fused-ring (bicyclic) bond motifs is 1. The van der Waals surface area contributed by atoms with Gasteiger partial charge in [-0.25, -0.2) is 0 Å². The lowest BCUT2D eigenvalue weighted by atomic mass is 10.1. The van der Waals surface area contributed by atoms with Crippen molar-refractivity contribution in [2.45, 2.75) is 58.4 Å². The molecule has 1 aliphatic carbocycles. The molecule has 0 aliphatic heterocycles. The summed E-state index contributed by atoms with van der Waals surface area (Å²) in [6, 6.07) is 0. The average Bonchev–Trinajstić information content (AvgIpc) is 2.64. The van der Waals surface area contributed by atoms with Crippen molar-refractivity contribution in [1.29, 1.82) is 0 Å². The summed E-state index contributed by atoms with van der Waals surface area (Å²) in [4.78, 5) is 13.9. The summed E-state index contributed by atoms with van der Waals surface area (Å²) in [6.45, 7) is 3.37. The number of rotatable bonds is 5. The summed E-state index contributed by atoms with van der Waals surface area (Å²) in [6.07, 6.45) is 10.2. The number of carbonyl (C=O) groups is 1. The molecule has 0 radical (unpaired) electrons. The van der Waals surface area contributed by atoms with Crippen LogP contribution < -0.4 is 0 Å². The Bertz CT molecular complexity index is 402. The molecule has 0 N–H and O–H groups in total. The van der Waals surface area contributed by atoms with Gasteiger partial charge < -0.3 is 4.90 Å². The van der Waals surface area contributed by atoms with Gasteiger partial charge in [0.15, 0.2) is 0 Å². The summed E-state index contributed by atoms with van der Waals surface area (Å²) in [5.74, 6) is 0.158. The molecular weight excluding hydrogens is 238 g/mol. The van der Waals surface area contributed by atoms with Gasteiger partial charge in [-0.3, -0.25) is 9.48 Å². The highest BCUT2D eigenvalue weighted by Crippen LogP contribution is 2.19. The van der Waals surface area contributed by atoms with Crippen LogP contribution in [0.25, 0.3) is 0 Å². The molecule has 0 aromatic carbocycles. The number of likely N-dealkylation sites (N-methyl/N-ethyl adjacent to an activating group) is 1. The fraction of sp³-hybridized carbons (Fsp3) is 0.733. The van der Waals surface area contributed by atoms with Crippen molar-refractivity contribution in [1.82, 2.24) is 14.7 Å². The third-order valence-electron chi connectivity index (χ3n) is 3.85. The number of aryl methyl sites for hydroxylation is 2. The van der Waals surface area contributed by atoms with Crippen LogP contribution in [0.15, 0.2) is 6.20 Å². The molecule has 1 aromatic rings. The highest BCUT2D eigenvalue weighted by Gasteiger charge is 2.15. The molecule has 0 saturated heterocycles. The SMILES string of the molecule is CCCCN(C)C(=O)Cn1cc2c(n1)CCCCC2. The first-order valence-corrected chi connectivity index (χ1v) is 7.50. The summed E-state index contributed by atoms with van der Waals surface area (Å²) >= 11 is 0. The molecule has 106 valence electrons. The Labute approximate surface area is 115 Å². The second-order valence-electron chi connectivity index (χ2n) is 5.53. The first kappa shape index (κ1) is 14.1. The molecule has 0 saturated carbocycles. The lowest BCUT2D eigenvalue weighted by molar-refractivity contribution is -0.130. The number of carbonyl (C=O) groups excluding carboxylic acids is 1. The maximum atomic E-state index is 12.1. The van der Waals surface area contributed by atoms with Gasteiger partial charge >= 0.3 is 0 Å².